The van der Waals surface area contributed by atoms with E-state index in [1.807, 2.05) is 25.7 Å². The lowest BCUT2D eigenvalue weighted by Gasteiger charge is -2.32. The zero-order valence-corrected chi connectivity index (χ0v) is 12.6. The first-order chi connectivity index (χ1) is 8.36. The normalized spacial score (nSPS) is 21.8. The van der Waals surface area contributed by atoms with Crippen molar-refractivity contribution in [2.24, 2.45) is 5.41 Å². The molecule has 1 heterocycles. The first-order valence-electron chi connectivity index (χ1n) is 6.43. The Balaban J connectivity index is 2.73. The average Bonchev–Trinajstić information content (AvgIpc) is 2.41. The van der Waals surface area contributed by atoms with Crippen LogP contribution in [0, 0.1) is 5.41 Å². The first-order valence-corrected chi connectivity index (χ1v) is 7.82. The van der Waals surface area contributed by atoms with E-state index >= 15 is 0 Å². The molecule has 1 atom stereocenters. The minimum atomic E-state index is -0.401. The molecule has 0 aromatic carbocycles. The Morgan fingerprint density at radius 1 is 1.39 bits per heavy atom. The number of thioether (sulfide) groups is 1. The predicted octanol–water partition coefficient (Wildman–Crippen LogP) is 1.50. The fourth-order valence-corrected chi connectivity index (χ4v) is 2.45. The van der Waals surface area contributed by atoms with Crippen molar-refractivity contribution in [1.29, 1.82) is 0 Å². The largest absolute Gasteiger partial charge is 0.344 e. The lowest BCUT2D eigenvalue weighted by Crippen LogP contribution is -2.52. The van der Waals surface area contributed by atoms with E-state index in [1.54, 1.807) is 11.8 Å². The van der Waals surface area contributed by atoms with Crippen molar-refractivity contribution in [3.63, 3.8) is 0 Å². The van der Waals surface area contributed by atoms with Gasteiger partial charge in [0.05, 0.1) is 0 Å². The summed E-state index contributed by atoms with van der Waals surface area (Å²) in [5, 5.41) is 2.85. The molecule has 1 aliphatic heterocycles. The van der Waals surface area contributed by atoms with Crippen molar-refractivity contribution in [3.05, 3.63) is 0 Å². The van der Waals surface area contributed by atoms with Gasteiger partial charge in [-0.25, -0.2) is 0 Å². The highest BCUT2D eigenvalue weighted by molar-refractivity contribution is 7.98. The maximum absolute atomic E-state index is 12.4. The standard InChI is InChI=1S/C13H24N2O2S/c1-13(2,3)11-12(17)15(7-5-9-18-4)8-6-10(16)14-11/h11H,5-9H2,1-4H3,(H,14,16). The molecule has 1 N–H and O–H groups in total. The fraction of sp³-hybridized carbons (Fsp3) is 0.846. The molecule has 0 bridgehead atoms. The van der Waals surface area contributed by atoms with Gasteiger partial charge in [0.25, 0.3) is 0 Å². The Bertz CT molecular complexity index is 313. The van der Waals surface area contributed by atoms with Crippen molar-refractivity contribution < 1.29 is 9.59 Å². The van der Waals surface area contributed by atoms with E-state index in [9.17, 15) is 9.59 Å². The van der Waals surface area contributed by atoms with Crippen molar-refractivity contribution in [3.8, 4) is 0 Å². The summed E-state index contributed by atoms with van der Waals surface area (Å²) in [6.45, 7) is 7.26. The number of nitrogens with zero attached hydrogens (tertiary/aromatic N) is 1. The monoisotopic (exact) mass is 272 g/mol. The van der Waals surface area contributed by atoms with Gasteiger partial charge in [-0.2, -0.15) is 11.8 Å². The fourth-order valence-electron chi connectivity index (χ4n) is 2.03. The molecule has 4 nitrogen and oxygen atoms in total. The van der Waals surface area contributed by atoms with Crippen LogP contribution in [0.15, 0.2) is 0 Å². The molecule has 2 amide bonds. The molecule has 0 aromatic heterocycles. The second-order valence-corrected chi connectivity index (χ2v) is 6.77. The minimum absolute atomic E-state index is 0.0179. The van der Waals surface area contributed by atoms with Gasteiger partial charge in [0.1, 0.15) is 6.04 Å². The van der Waals surface area contributed by atoms with Crippen molar-refractivity contribution in [2.75, 3.05) is 25.1 Å². The van der Waals surface area contributed by atoms with Gasteiger partial charge < -0.3 is 10.2 Å². The van der Waals surface area contributed by atoms with Crippen LogP contribution >= 0.6 is 11.8 Å². The molecule has 0 spiro atoms. The van der Waals surface area contributed by atoms with Crippen LogP contribution in [0.25, 0.3) is 0 Å². The Labute approximate surface area is 114 Å². The molecule has 1 rings (SSSR count). The first kappa shape index (κ1) is 15.3. The van der Waals surface area contributed by atoms with Crippen molar-refractivity contribution >= 4 is 23.6 Å². The van der Waals surface area contributed by atoms with Crippen molar-refractivity contribution in [1.82, 2.24) is 10.2 Å². The Morgan fingerprint density at radius 3 is 2.61 bits per heavy atom. The van der Waals surface area contributed by atoms with E-state index in [1.165, 1.54) is 0 Å². The summed E-state index contributed by atoms with van der Waals surface area (Å²) in [6.07, 6.45) is 3.46. The number of nitrogens with one attached hydrogen (secondary N) is 1. The summed E-state index contributed by atoms with van der Waals surface area (Å²) < 4.78 is 0. The van der Waals surface area contributed by atoms with Crippen LogP contribution in [0.3, 0.4) is 0 Å². The smallest absolute Gasteiger partial charge is 0.245 e. The molecule has 104 valence electrons. The Kier molecular flexibility index (Phi) is 5.50. The highest BCUT2D eigenvalue weighted by Gasteiger charge is 2.37. The molecule has 0 aliphatic carbocycles. The van der Waals surface area contributed by atoms with Crippen LogP contribution < -0.4 is 5.32 Å². The third-order valence-electron chi connectivity index (χ3n) is 3.12. The summed E-state index contributed by atoms with van der Waals surface area (Å²) in [5.74, 6) is 1.09. The number of rotatable bonds is 4. The second-order valence-electron chi connectivity index (χ2n) is 5.79. The number of amides is 2. The Morgan fingerprint density at radius 2 is 2.06 bits per heavy atom. The third-order valence-corrected chi connectivity index (χ3v) is 3.81. The van der Waals surface area contributed by atoms with Gasteiger partial charge >= 0.3 is 0 Å². The summed E-state index contributed by atoms with van der Waals surface area (Å²) in [5.41, 5.74) is -0.241. The van der Waals surface area contributed by atoms with Crippen LogP contribution in [-0.4, -0.2) is 47.9 Å². The number of hydrogen-bond donors (Lipinski definition) is 1. The minimum Gasteiger partial charge on any atom is -0.344 e. The van der Waals surface area contributed by atoms with Gasteiger partial charge in [-0.1, -0.05) is 20.8 Å². The van der Waals surface area contributed by atoms with Gasteiger partial charge in [0.2, 0.25) is 11.8 Å². The zero-order valence-electron chi connectivity index (χ0n) is 11.8. The van der Waals surface area contributed by atoms with Crippen LogP contribution in [-0.2, 0) is 9.59 Å². The molecule has 0 saturated carbocycles. The molecular weight excluding hydrogens is 248 g/mol. The molecule has 18 heavy (non-hydrogen) atoms. The zero-order chi connectivity index (χ0) is 13.8. The molecular formula is C13H24N2O2S. The maximum atomic E-state index is 12.4. The van der Waals surface area contributed by atoms with Gasteiger partial charge in [-0.05, 0) is 23.8 Å². The molecule has 0 radical (unpaired) electrons. The van der Waals surface area contributed by atoms with E-state index in [2.05, 4.69) is 11.6 Å². The number of carbonyl (C=O) groups excluding carboxylic acids is 2. The van der Waals surface area contributed by atoms with Crippen LogP contribution in [0.2, 0.25) is 0 Å². The van der Waals surface area contributed by atoms with Gasteiger partial charge in [-0.3, -0.25) is 9.59 Å². The second kappa shape index (κ2) is 6.45. The van der Waals surface area contributed by atoms with E-state index in [4.69, 9.17) is 0 Å². The van der Waals surface area contributed by atoms with Crippen LogP contribution in [0.4, 0.5) is 0 Å². The van der Waals surface area contributed by atoms with Crippen LogP contribution in [0.5, 0.6) is 0 Å². The van der Waals surface area contributed by atoms with Gasteiger partial charge in [0, 0.05) is 19.5 Å². The molecule has 0 aromatic rings. The number of carbonyl (C=O) groups is 2. The summed E-state index contributed by atoms with van der Waals surface area (Å²) in [4.78, 5) is 25.9. The average molecular weight is 272 g/mol. The Hall–Kier alpha value is -0.710. The quantitative estimate of drug-likeness (QED) is 0.789. The summed E-state index contributed by atoms with van der Waals surface area (Å²) in [7, 11) is 0. The molecule has 1 saturated heterocycles. The third kappa shape index (κ3) is 4.19. The molecule has 1 fully saturated rings. The van der Waals surface area contributed by atoms with E-state index in [-0.39, 0.29) is 17.2 Å². The highest BCUT2D eigenvalue weighted by atomic mass is 32.2. The van der Waals surface area contributed by atoms with Crippen molar-refractivity contribution in [2.45, 2.75) is 39.7 Å². The SMILES string of the molecule is CSCCCN1CCC(=O)NC(C(C)(C)C)C1=O. The lowest BCUT2D eigenvalue weighted by molar-refractivity contribution is -0.136. The summed E-state index contributed by atoms with van der Waals surface area (Å²) in [6, 6.07) is -0.401. The lowest BCUT2D eigenvalue weighted by atomic mass is 9.86. The maximum Gasteiger partial charge on any atom is 0.245 e. The molecule has 1 aliphatic rings. The van der Waals surface area contributed by atoms with E-state index in [0.29, 0.717) is 13.0 Å². The topological polar surface area (TPSA) is 49.4 Å². The molecule has 1 unspecified atom stereocenters. The van der Waals surface area contributed by atoms with Crippen LogP contribution in [0.1, 0.15) is 33.6 Å². The predicted molar refractivity (Wildman–Crippen MR) is 75.6 cm³/mol. The molecule has 5 heteroatoms. The van der Waals surface area contributed by atoms with E-state index < -0.39 is 6.04 Å². The van der Waals surface area contributed by atoms with E-state index in [0.717, 1.165) is 18.7 Å². The summed E-state index contributed by atoms with van der Waals surface area (Å²) >= 11 is 1.78. The highest BCUT2D eigenvalue weighted by Crippen LogP contribution is 2.23. The van der Waals surface area contributed by atoms with Gasteiger partial charge in [0.15, 0.2) is 0 Å². The number of hydrogen-bond acceptors (Lipinski definition) is 3. The van der Waals surface area contributed by atoms with Gasteiger partial charge in [-0.15, -0.1) is 0 Å².